The van der Waals surface area contributed by atoms with Gasteiger partial charge in [-0.1, -0.05) is 17.7 Å². The molecule has 7 heteroatoms. The lowest BCUT2D eigenvalue weighted by molar-refractivity contribution is -0.140. The van der Waals surface area contributed by atoms with Gasteiger partial charge in [-0.3, -0.25) is 4.79 Å². The van der Waals surface area contributed by atoms with Gasteiger partial charge in [-0.05, 0) is 46.3 Å². The van der Waals surface area contributed by atoms with E-state index in [1.807, 2.05) is 0 Å². The van der Waals surface area contributed by atoms with Gasteiger partial charge in [-0.25, -0.2) is 4.39 Å². The number of carbonyl (C=O) groups excluding carboxylic acids is 1. The predicted molar refractivity (Wildman–Crippen MR) is 74.0 cm³/mol. The van der Waals surface area contributed by atoms with Gasteiger partial charge in [-0.15, -0.1) is 0 Å². The molecule has 0 saturated carbocycles. The molecule has 0 radical (unpaired) electrons. The first-order valence-corrected chi connectivity index (χ1v) is 6.74. The molecular formula is C14H6BrClF4O. The average molecular weight is 382 g/mol. The van der Waals surface area contributed by atoms with Gasteiger partial charge in [-0.2, -0.15) is 13.2 Å². The second-order valence-corrected chi connectivity index (χ2v) is 5.41. The molecule has 0 unspecified atom stereocenters. The molecule has 21 heavy (non-hydrogen) atoms. The van der Waals surface area contributed by atoms with Crippen LogP contribution in [0.3, 0.4) is 0 Å². The van der Waals surface area contributed by atoms with Crippen molar-refractivity contribution < 1.29 is 22.4 Å². The third kappa shape index (κ3) is 3.44. The zero-order valence-electron chi connectivity index (χ0n) is 10.1. The van der Waals surface area contributed by atoms with E-state index in [2.05, 4.69) is 15.9 Å². The molecule has 0 aliphatic carbocycles. The Morgan fingerprint density at radius 1 is 1.05 bits per heavy atom. The van der Waals surface area contributed by atoms with E-state index in [4.69, 9.17) is 11.6 Å². The Balaban J connectivity index is 2.40. The Bertz CT molecular complexity index is 713. The van der Waals surface area contributed by atoms with Gasteiger partial charge >= 0.3 is 6.18 Å². The number of hydrogen-bond donors (Lipinski definition) is 0. The van der Waals surface area contributed by atoms with Crippen molar-refractivity contribution in [3.8, 4) is 0 Å². The molecular weight excluding hydrogens is 376 g/mol. The number of rotatable bonds is 2. The predicted octanol–water partition coefficient (Wildman–Crippen LogP) is 5.49. The van der Waals surface area contributed by atoms with Crippen molar-refractivity contribution in [3.63, 3.8) is 0 Å². The topological polar surface area (TPSA) is 17.1 Å². The molecule has 1 nitrogen and oxygen atoms in total. The molecule has 0 aliphatic rings. The number of benzene rings is 2. The zero-order chi connectivity index (χ0) is 15.8. The van der Waals surface area contributed by atoms with E-state index in [1.165, 1.54) is 18.2 Å². The smallest absolute Gasteiger partial charge is 0.289 e. The minimum Gasteiger partial charge on any atom is -0.289 e. The van der Waals surface area contributed by atoms with Crippen molar-refractivity contribution in [2.45, 2.75) is 6.18 Å². The fraction of sp³-hybridized carbons (Fsp3) is 0.0714. The lowest BCUT2D eigenvalue weighted by atomic mass is 10.0. The quantitative estimate of drug-likeness (QED) is 0.496. The van der Waals surface area contributed by atoms with Gasteiger partial charge in [0, 0.05) is 15.6 Å². The highest BCUT2D eigenvalue weighted by Gasteiger charge is 2.34. The van der Waals surface area contributed by atoms with Gasteiger partial charge in [0.05, 0.1) is 10.6 Å². The summed E-state index contributed by atoms with van der Waals surface area (Å²) in [5.41, 5.74) is -1.39. The maximum absolute atomic E-state index is 13.5. The molecule has 0 heterocycles. The summed E-state index contributed by atoms with van der Waals surface area (Å²) in [7, 11) is 0. The molecule has 110 valence electrons. The van der Waals surface area contributed by atoms with Crippen LogP contribution in [0.4, 0.5) is 17.6 Å². The van der Waals surface area contributed by atoms with Crippen LogP contribution in [0.2, 0.25) is 5.02 Å². The molecule has 2 aromatic rings. The fourth-order valence-electron chi connectivity index (χ4n) is 1.69. The van der Waals surface area contributed by atoms with Crippen molar-refractivity contribution in [2.24, 2.45) is 0 Å². The SMILES string of the molecule is O=C(c1ccc(C(F)(F)F)c(F)c1)c1ccc(Cl)c(Br)c1. The molecule has 2 aromatic carbocycles. The highest BCUT2D eigenvalue weighted by Crippen LogP contribution is 2.32. The minimum absolute atomic E-state index is 0.172. The number of halogens is 6. The molecule has 0 aromatic heterocycles. The van der Waals surface area contributed by atoms with Crippen LogP contribution in [-0.4, -0.2) is 5.78 Å². The number of carbonyl (C=O) groups is 1. The Kier molecular flexibility index (Phi) is 4.39. The van der Waals surface area contributed by atoms with Crippen LogP contribution in [0.15, 0.2) is 40.9 Å². The fourth-order valence-corrected chi connectivity index (χ4v) is 2.19. The first kappa shape index (κ1) is 16.0. The van der Waals surface area contributed by atoms with E-state index in [1.54, 1.807) is 0 Å². The van der Waals surface area contributed by atoms with Crippen molar-refractivity contribution in [1.82, 2.24) is 0 Å². The van der Waals surface area contributed by atoms with E-state index in [-0.39, 0.29) is 11.1 Å². The molecule has 0 bridgehead atoms. The lowest BCUT2D eigenvalue weighted by Gasteiger charge is -2.09. The monoisotopic (exact) mass is 380 g/mol. The van der Waals surface area contributed by atoms with Crippen LogP contribution in [0.5, 0.6) is 0 Å². The van der Waals surface area contributed by atoms with Crippen LogP contribution >= 0.6 is 27.5 Å². The Morgan fingerprint density at radius 2 is 1.62 bits per heavy atom. The van der Waals surface area contributed by atoms with E-state index < -0.39 is 23.3 Å². The molecule has 0 atom stereocenters. The highest BCUT2D eigenvalue weighted by molar-refractivity contribution is 9.10. The van der Waals surface area contributed by atoms with Gasteiger partial charge < -0.3 is 0 Å². The summed E-state index contributed by atoms with van der Waals surface area (Å²) in [6.45, 7) is 0. The van der Waals surface area contributed by atoms with Crippen molar-refractivity contribution in [2.75, 3.05) is 0 Å². The summed E-state index contributed by atoms with van der Waals surface area (Å²) in [5, 5.41) is 0.380. The summed E-state index contributed by atoms with van der Waals surface area (Å²) < 4.78 is 51.3. The van der Waals surface area contributed by atoms with E-state index in [0.29, 0.717) is 21.6 Å². The summed E-state index contributed by atoms with van der Waals surface area (Å²) in [6, 6.07) is 6.35. The van der Waals surface area contributed by atoms with Crippen molar-refractivity contribution in [3.05, 3.63) is 68.4 Å². The van der Waals surface area contributed by atoms with Gasteiger partial charge in [0.25, 0.3) is 0 Å². The molecule has 0 amide bonds. The van der Waals surface area contributed by atoms with Gasteiger partial charge in [0.15, 0.2) is 5.78 Å². The van der Waals surface area contributed by atoms with Crippen LogP contribution in [-0.2, 0) is 6.18 Å². The Hall–Kier alpha value is -1.40. The maximum Gasteiger partial charge on any atom is 0.419 e. The minimum atomic E-state index is -4.80. The van der Waals surface area contributed by atoms with Crippen LogP contribution in [0.25, 0.3) is 0 Å². The maximum atomic E-state index is 13.5. The number of ketones is 1. The lowest BCUT2D eigenvalue weighted by Crippen LogP contribution is -2.10. The van der Waals surface area contributed by atoms with Gasteiger partial charge in [0.1, 0.15) is 5.82 Å². The van der Waals surface area contributed by atoms with Crippen molar-refractivity contribution in [1.29, 1.82) is 0 Å². The zero-order valence-corrected chi connectivity index (χ0v) is 12.5. The van der Waals surface area contributed by atoms with E-state index in [0.717, 1.165) is 6.07 Å². The third-order valence-corrected chi connectivity index (χ3v) is 3.93. The van der Waals surface area contributed by atoms with Crippen LogP contribution in [0.1, 0.15) is 21.5 Å². The molecule has 0 spiro atoms. The molecule has 0 N–H and O–H groups in total. The number of hydrogen-bond acceptors (Lipinski definition) is 1. The van der Waals surface area contributed by atoms with Crippen molar-refractivity contribution >= 4 is 33.3 Å². The summed E-state index contributed by atoms with van der Waals surface area (Å²) in [4.78, 5) is 12.1. The first-order valence-electron chi connectivity index (χ1n) is 5.56. The average Bonchev–Trinajstić information content (AvgIpc) is 2.39. The third-order valence-electron chi connectivity index (χ3n) is 2.72. The Morgan fingerprint density at radius 3 is 2.14 bits per heavy atom. The van der Waals surface area contributed by atoms with Crippen LogP contribution < -0.4 is 0 Å². The summed E-state index contributed by atoms with van der Waals surface area (Å²) in [6.07, 6.45) is -4.80. The molecule has 0 fully saturated rings. The van der Waals surface area contributed by atoms with Gasteiger partial charge in [0.2, 0.25) is 0 Å². The molecule has 0 saturated heterocycles. The first-order chi connectivity index (χ1) is 9.70. The van der Waals surface area contributed by atoms with E-state index >= 15 is 0 Å². The summed E-state index contributed by atoms with van der Waals surface area (Å²) >= 11 is 8.92. The van der Waals surface area contributed by atoms with E-state index in [9.17, 15) is 22.4 Å². The second-order valence-electron chi connectivity index (χ2n) is 4.15. The van der Waals surface area contributed by atoms with Crippen LogP contribution in [0, 0.1) is 5.82 Å². The largest absolute Gasteiger partial charge is 0.419 e. The normalized spacial score (nSPS) is 11.5. The Labute approximate surface area is 130 Å². The highest BCUT2D eigenvalue weighted by atomic mass is 79.9. The summed E-state index contributed by atoms with van der Waals surface area (Å²) in [5.74, 6) is -2.08. The number of alkyl halides is 3. The standard InChI is InChI=1S/C14H6BrClF4O/c15-10-5-7(2-4-11(10)16)13(21)8-1-3-9(12(17)6-8)14(18,19)20/h1-6H. The molecule has 0 aliphatic heterocycles. The molecule has 2 rings (SSSR count). The second kappa shape index (κ2) is 5.77.